The second-order valence-corrected chi connectivity index (χ2v) is 5.44. The molecule has 2 aromatic carbocycles. The van der Waals surface area contributed by atoms with Crippen LogP contribution in [0, 0.1) is 5.82 Å². The van der Waals surface area contributed by atoms with Crippen LogP contribution in [0.3, 0.4) is 0 Å². The molecule has 0 atom stereocenters. The highest BCUT2D eigenvalue weighted by Crippen LogP contribution is 2.28. The summed E-state index contributed by atoms with van der Waals surface area (Å²) in [4.78, 5) is 0. The summed E-state index contributed by atoms with van der Waals surface area (Å²) in [6, 6.07) is 10.5. The predicted octanol–water partition coefficient (Wildman–Crippen LogP) is 5.25. The molecule has 0 aliphatic rings. The maximum Gasteiger partial charge on any atom is 0.138 e. The number of benzene rings is 2. The van der Waals surface area contributed by atoms with Crippen molar-refractivity contribution < 1.29 is 9.13 Å². The van der Waals surface area contributed by atoms with Gasteiger partial charge >= 0.3 is 0 Å². The third-order valence-electron chi connectivity index (χ3n) is 2.71. The molecule has 1 N–H and O–H groups in total. The zero-order valence-electron chi connectivity index (χ0n) is 10.9. The molecule has 0 saturated carbocycles. The van der Waals surface area contributed by atoms with Crippen LogP contribution in [0.4, 0.5) is 10.1 Å². The molecule has 5 heteroatoms. The summed E-state index contributed by atoms with van der Waals surface area (Å²) in [6.45, 7) is 3.08. The van der Waals surface area contributed by atoms with Crippen LogP contribution in [0.5, 0.6) is 5.75 Å². The Morgan fingerprint density at radius 3 is 2.70 bits per heavy atom. The minimum absolute atomic E-state index is 0.266. The zero-order valence-corrected chi connectivity index (χ0v) is 13.3. The number of anilines is 1. The van der Waals surface area contributed by atoms with Crippen molar-refractivity contribution in [2.75, 3.05) is 11.9 Å². The minimum Gasteiger partial charge on any atom is -0.492 e. The second kappa shape index (κ2) is 6.95. The fourth-order valence-corrected chi connectivity index (χ4v) is 2.40. The van der Waals surface area contributed by atoms with Crippen LogP contribution in [-0.4, -0.2) is 6.61 Å². The molecule has 0 bridgehead atoms. The van der Waals surface area contributed by atoms with Crippen molar-refractivity contribution in [3.05, 3.63) is 57.3 Å². The molecule has 2 aromatic rings. The Bertz CT molecular complexity index is 606. The van der Waals surface area contributed by atoms with Gasteiger partial charge in [-0.3, -0.25) is 0 Å². The van der Waals surface area contributed by atoms with Crippen molar-refractivity contribution in [1.82, 2.24) is 0 Å². The Morgan fingerprint density at radius 1 is 1.25 bits per heavy atom. The van der Waals surface area contributed by atoms with E-state index >= 15 is 0 Å². The molecular weight excluding hydrogens is 345 g/mol. The number of halogens is 3. The highest BCUT2D eigenvalue weighted by Gasteiger charge is 2.04. The zero-order chi connectivity index (χ0) is 14.5. The Labute approximate surface area is 131 Å². The van der Waals surface area contributed by atoms with E-state index in [2.05, 4.69) is 21.2 Å². The lowest BCUT2D eigenvalue weighted by Crippen LogP contribution is -2.00. The van der Waals surface area contributed by atoms with Gasteiger partial charge in [-0.15, -0.1) is 0 Å². The fourth-order valence-electron chi connectivity index (χ4n) is 1.74. The summed E-state index contributed by atoms with van der Waals surface area (Å²) < 4.78 is 19.0. The molecule has 0 amide bonds. The molecule has 20 heavy (non-hydrogen) atoms. The average molecular weight is 359 g/mol. The first-order valence-electron chi connectivity index (χ1n) is 6.20. The quantitative estimate of drug-likeness (QED) is 0.788. The van der Waals surface area contributed by atoms with Crippen molar-refractivity contribution >= 4 is 33.2 Å². The van der Waals surface area contributed by atoms with E-state index in [9.17, 15) is 4.39 Å². The van der Waals surface area contributed by atoms with E-state index in [-0.39, 0.29) is 5.82 Å². The first-order valence-corrected chi connectivity index (χ1v) is 7.37. The number of rotatable bonds is 5. The summed E-state index contributed by atoms with van der Waals surface area (Å²) >= 11 is 9.28. The highest BCUT2D eigenvalue weighted by molar-refractivity contribution is 9.10. The van der Waals surface area contributed by atoms with Gasteiger partial charge in [-0.25, -0.2) is 4.39 Å². The SMILES string of the molecule is CCOc1ccc(NCc2ccc(F)c(Br)c2)cc1Cl. The standard InChI is InChI=1S/C15H14BrClFNO/c1-2-20-15-6-4-11(8-13(15)17)19-9-10-3-5-14(18)12(16)7-10/h3-8,19H,2,9H2,1H3. The first kappa shape index (κ1) is 15.1. The van der Waals surface area contributed by atoms with Gasteiger partial charge in [-0.2, -0.15) is 0 Å². The van der Waals surface area contributed by atoms with Crippen molar-refractivity contribution in [2.24, 2.45) is 0 Å². The minimum atomic E-state index is -0.266. The Balaban J connectivity index is 2.03. The lowest BCUT2D eigenvalue weighted by Gasteiger charge is -2.10. The summed E-state index contributed by atoms with van der Waals surface area (Å²) in [5, 5.41) is 3.80. The van der Waals surface area contributed by atoms with Gasteiger partial charge in [0.1, 0.15) is 11.6 Å². The summed E-state index contributed by atoms with van der Waals surface area (Å²) in [7, 11) is 0. The molecule has 0 aliphatic carbocycles. The monoisotopic (exact) mass is 357 g/mol. The number of nitrogens with one attached hydrogen (secondary N) is 1. The van der Waals surface area contributed by atoms with Gasteiger partial charge in [0.15, 0.2) is 0 Å². The van der Waals surface area contributed by atoms with Crippen LogP contribution in [0.15, 0.2) is 40.9 Å². The third-order valence-corrected chi connectivity index (χ3v) is 3.62. The number of ether oxygens (including phenoxy) is 1. The van der Waals surface area contributed by atoms with Crippen LogP contribution in [-0.2, 0) is 6.54 Å². The normalized spacial score (nSPS) is 10.4. The highest BCUT2D eigenvalue weighted by atomic mass is 79.9. The van der Waals surface area contributed by atoms with Crippen molar-refractivity contribution in [1.29, 1.82) is 0 Å². The predicted molar refractivity (Wildman–Crippen MR) is 84.0 cm³/mol. The van der Waals surface area contributed by atoms with Gasteiger partial charge in [0.05, 0.1) is 16.1 Å². The van der Waals surface area contributed by atoms with Crippen molar-refractivity contribution in [2.45, 2.75) is 13.5 Å². The molecular formula is C15H14BrClFNO. The lowest BCUT2D eigenvalue weighted by atomic mass is 10.2. The van der Waals surface area contributed by atoms with E-state index < -0.39 is 0 Å². The molecule has 0 spiro atoms. The Morgan fingerprint density at radius 2 is 2.05 bits per heavy atom. The Hall–Kier alpha value is -1.26. The van der Waals surface area contributed by atoms with E-state index in [1.54, 1.807) is 12.1 Å². The molecule has 2 nitrogen and oxygen atoms in total. The summed E-state index contributed by atoms with van der Waals surface area (Å²) in [5.41, 5.74) is 1.86. The van der Waals surface area contributed by atoms with Crippen LogP contribution >= 0.6 is 27.5 Å². The largest absolute Gasteiger partial charge is 0.492 e. The van der Waals surface area contributed by atoms with Gasteiger partial charge in [0, 0.05) is 12.2 Å². The topological polar surface area (TPSA) is 21.3 Å². The average Bonchev–Trinajstić information content (AvgIpc) is 2.43. The Kier molecular flexibility index (Phi) is 5.26. The maximum absolute atomic E-state index is 13.1. The molecule has 0 fully saturated rings. The second-order valence-electron chi connectivity index (χ2n) is 4.18. The van der Waals surface area contributed by atoms with E-state index in [1.165, 1.54) is 6.07 Å². The van der Waals surface area contributed by atoms with Crippen LogP contribution in [0.2, 0.25) is 5.02 Å². The number of hydrogen-bond donors (Lipinski definition) is 1. The molecule has 106 valence electrons. The number of hydrogen-bond acceptors (Lipinski definition) is 2. The van der Waals surface area contributed by atoms with E-state index in [4.69, 9.17) is 16.3 Å². The molecule has 0 saturated heterocycles. The van der Waals surface area contributed by atoms with E-state index in [0.29, 0.717) is 28.4 Å². The van der Waals surface area contributed by atoms with Gasteiger partial charge < -0.3 is 10.1 Å². The van der Waals surface area contributed by atoms with Gasteiger partial charge in [-0.1, -0.05) is 17.7 Å². The molecule has 0 aromatic heterocycles. The summed E-state index contributed by atoms with van der Waals surface area (Å²) in [5.74, 6) is 0.405. The van der Waals surface area contributed by atoms with Gasteiger partial charge in [0.25, 0.3) is 0 Å². The lowest BCUT2D eigenvalue weighted by molar-refractivity contribution is 0.340. The molecule has 0 radical (unpaired) electrons. The molecule has 2 rings (SSSR count). The third kappa shape index (κ3) is 3.87. The van der Waals surface area contributed by atoms with E-state index in [1.807, 2.05) is 25.1 Å². The first-order chi connectivity index (χ1) is 9.60. The van der Waals surface area contributed by atoms with Crippen LogP contribution in [0.25, 0.3) is 0 Å². The van der Waals surface area contributed by atoms with E-state index in [0.717, 1.165) is 11.3 Å². The molecule has 0 unspecified atom stereocenters. The maximum atomic E-state index is 13.1. The molecule has 0 heterocycles. The van der Waals surface area contributed by atoms with Crippen LogP contribution in [0.1, 0.15) is 12.5 Å². The fraction of sp³-hybridized carbons (Fsp3) is 0.200. The van der Waals surface area contributed by atoms with Gasteiger partial charge in [-0.05, 0) is 58.7 Å². The van der Waals surface area contributed by atoms with Gasteiger partial charge in [0.2, 0.25) is 0 Å². The van der Waals surface area contributed by atoms with Crippen LogP contribution < -0.4 is 10.1 Å². The van der Waals surface area contributed by atoms with Crippen molar-refractivity contribution in [3.8, 4) is 5.75 Å². The van der Waals surface area contributed by atoms with Crippen molar-refractivity contribution in [3.63, 3.8) is 0 Å². The smallest absolute Gasteiger partial charge is 0.138 e. The molecule has 0 aliphatic heterocycles. The summed E-state index contributed by atoms with van der Waals surface area (Å²) in [6.07, 6.45) is 0.